The highest BCUT2D eigenvalue weighted by Gasteiger charge is 2.25. The zero-order valence-electron chi connectivity index (χ0n) is 8.91. The molecule has 0 saturated heterocycles. The van der Waals surface area contributed by atoms with Crippen molar-refractivity contribution in [3.05, 3.63) is 28.8 Å². The number of carbonyl (C=O) groups is 1. The van der Waals surface area contributed by atoms with Gasteiger partial charge in [0, 0.05) is 0 Å². The fourth-order valence-electron chi connectivity index (χ4n) is 1.82. The number of hydrogen-bond donors (Lipinski definition) is 1. The lowest BCUT2D eigenvalue weighted by atomic mass is 9.94. The summed E-state index contributed by atoms with van der Waals surface area (Å²) in [5.74, 6) is -0.339. The molecule has 0 amide bonds. The molecular formula is C12H14O3. The van der Waals surface area contributed by atoms with Crippen molar-refractivity contribution in [1.29, 1.82) is 0 Å². The topological polar surface area (TPSA) is 46.5 Å². The zero-order chi connectivity index (χ0) is 11.0. The number of carboxylic acid groups (broad SMARTS) is 1. The van der Waals surface area contributed by atoms with Crippen LogP contribution in [0.5, 0.6) is 5.75 Å². The van der Waals surface area contributed by atoms with Gasteiger partial charge in [-0.2, -0.15) is 0 Å². The first kappa shape index (κ1) is 10.0. The van der Waals surface area contributed by atoms with E-state index < -0.39 is 11.9 Å². The molecule has 3 nitrogen and oxygen atoms in total. The lowest BCUT2D eigenvalue weighted by Gasteiger charge is -2.23. The van der Waals surface area contributed by atoms with Gasteiger partial charge in [0.15, 0.2) is 0 Å². The Bertz CT molecular complexity index is 410. The van der Waals surface area contributed by atoms with E-state index in [-0.39, 0.29) is 6.61 Å². The molecule has 2 rings (SSSR count). The molecule has 3 heteroatoms. The number of ether oxygens (including phenoxy) is 1. The van der Waals surface area contributed by atoms with Gasteiger partial charge >= 0.3 is 5.97 Å². The average molecular weight is 206 g/mol. The van der Waals surface area contributed by atoms with Gasteiger partial charge in [0.25, 0.3) is 0 Å². The van der Waals surface area contributed by atoms with E-state index in [2.05, 4.69) is 0 Å². The van der Waals surface area contributed by atoms with E-state index in [1.807, 2.05) is 26.0 Å². The predicted octanol–water partition coefficient (Wildman–Crippen LogP) is 1.94. The first-order chi connectivity index (χ1) is 7.08. The first-order valence-electron chi connectivity index (χ1n) is 5.03. The Labute approximate surface area is 88.7 Å². The van der Waals surface area contributed by atoms with Crippen molar-refractivity contribution in [3.8, 4) is 5.75 Å². The fourth-order valence-corrected chi connectivity index (χ4v) is 1.82. The third-order valence-electron chi connectivity index (χ3n) is 2.93. The molecule has 0 fully saturated rings. The number of fused-ring (bicyclic) bond motifs is 1. The molecular weight excluding hydrogens is 192 g/mol. The molecule has 1 atom stereocenters. The molecule has 1 N–H and O–H groups in total. The Morgan fingerprint density at radius 2 is 2.07 bits per heavy atom. The fraction of sp³-hybridized carbons (Fsp3) is 0.417. The Kier molecular flexibility index (Phi) is 2.39. The maximum atomic E-state index is 10.8. The lowest BCUT2D eigenvalue weighted by Crippen LogP contribution is -2.27. The highest BCUT2D eigenvalue weighted by atomic mass is 16.5. The Morgan fingerprint density at radius 1 is 1.40 bits per heavy atom. The molecule has 15 heavy (non-hydrogen) atoms. The van der Waals surface area contributed by atoms with Crippen LogP contribution in [0.1, 0.15) is 16.7 Å². The minimum Gasteiger partial charge on any atom is -0.492 e. The van der Waals surface area contributed by atoms with Crippen molar-refractivity contribution in [2.75, 3.05) is 6.61 Å². The largest absolute Gasteiger partial charge is 0.492 e. The monoisotopic (exact) mass is 206 g/mol. The average Bonchev–Trinajstić information content (AvgIpc) is 2.19. The minimum atomic E-state index is -0.779. The van der Waals surface area contributed by atoms with Gasteiger partial charge in [0.1, 0.15) is 12.4 Å². The number of hydrogen-bond acceptors (Lipinski definition) is 2. The van der Waals surface area contributed by atoms with E-state index in [1.165, 1.54) is 11.1 Å². The highest BCUT2D eigenvalue weighted by Crippen LogP contribution is 2.30. The first-order valence-corrected chi connectivity index (χ1v) is 5.03. The second-order valence-corrected chi connectivity index (χ2v) is 4.09. The molecule has 1 heterocycles. The van der Waals surface area contributed by atoms with Crippen molar-refractivity contribution >= 4 is 5.97 Å². The van der Waals surface area contributed by atoms with Gasteiger partial charge in [-0.3, -0.25) is 4.79 Å². The van der Waals surface area contributed by atoms with Crippen LogP contribution in [-0.2, 0) is 11.2 Å². The van der Waals surface area contributed by atoms with Crippen LogP contribution < -0.4 is 4.74 Å². The van der Waals surface area contributed by atoms with Gasteiger partial charge in [-0.25, -0.2) is 0 Å². The van der Waals surface area contributed by atoms with Crippen LogP contribution in [0.2, 0.25) is 0 Å². The molecule has 0 saturated carbocycles. The summed E-state index contributed by atoms with van der Waals surface area (Å²) in [5.41, 5.74) is 3.38. The smallest absolute Gasteiger partial charge is 0.310 e. The summed E-state index contributed by atoms with van der Waals surface area (Å²) >= 11 is 0. The van der Waals surface area contributed by atoms with Crippen LogP contribution in [0.3, 0.4) is 0 Å². The molecule has 0 aromatic heterocycles. The van der Waals surface area contributed by atoms with Crippen LogP contribution >= 0.6 is 0 Å². The van der Waals surface area contributed by atoms with Gasteiger partial charge in [-0.1, -0.05) is 6.07 Å². The summed E-state index contributed by atoms with van der Waals surface area (Å²) in [6.45, 7) is 4.34. The van der Waals surface area contributed by atoms with Gasteiger partial charge in [-0.15, -0.1) is 0 Å². The van der Waals surface area contributed by atoms with Crippen LogP contribution in [-0.4, -0.2) is 17.7 Å². The molecule has 0 spiro atoms. The maximum Gasteiger partial charge on any atom is 0.310 e. The number of aryl methyl sites for hydroxylation is 2. The Morgan fingerprint density at radius 3 is 2.73 bits per heavy atom. The SMILES string of the molecule is Cc1cc2c(cc1C)OC[C@@H](C(=O)O)C2. The standard InChI is InChI=1S/C12H14O3/c1-7-3-9-5-10(12(13)14)6-15-11(9)4-8(7)2/h3-4,10H,5-6H2,1-2H3,(H,13,14)/t10-/m0/s1. The van der Waals surface area contributed by atoms with E-state index in [4.69, 9.17) is 9.84 Å². The summed E-state index contributed by atoms with van der Waals surface area (Å²) in [6, 6.07) is 4.02. The van der Waals surface area contributed by atoms with Crippen LogP contribution in [0.25, 0.3) is 0 Å². The van der Waals surface area contributed by atoms with E-state index in [1.54, 1.807) is 0 Å². The summed E-state index contributed by atoms with van der Waals surface area (Å²) < 4.78 is 5.45. The molecule has 1 aliphatic heterocycles. The van der Waals surface area contributed by atoms with Crippen molar-refractivity contribution in [2.24, 2.45) is 5.92 Å². The van der Waals surface area contributed by atoms with Gasteiger partial charge in [0.05, 0.1) is 5.92 Å². The Balaban J connectivity index is 2.34. The summed E-state index contributed by atoms with van der Waals surface area (Å²) in [5, 5.41) is 8.91. The number of carboxylic acids is 1. The zero-order valence-corrected chi connectivity index (χ0v) is 8.91. The van der Waals surface area contributed by atoms with E-state index in [9.17, 15) is 4.79 Å². The van der Waals surface area contributed by atoms with E-state index >= 15 is 0 Å². The summed E-state index contributed by atoms with van der Waals surface area (Å²) in [4.78, 5) is 10.8. The highest BCUT2D eigenvalue weighted by molar-refractivity contribution is 5.71. The van der Waals surface area contributed by atoms with Crippen LogP contribution in [0.4, 0.5) is 0 Å². The minimum absolute atomic E-state index is 0.283. The van der Waals surface area contributed by atoms with Crippen molar-refractivity contribution in [2.45, 2.75) is 20.3 Å². The van der Waals surface area contributed by atoms with Gasteiger partial charge in [-0.05, 0) is 43.0 Å². The molecule has 0 aliphatic carbocycles. The molecule has 0 unspecified atom stereocenters. The third-order valence-corrected chi connectivity index (χ3v) is 2.93. The number of rotatable bonds is 1. The molecule has 1 aliphatic rings. The van der Waals surface area contributed by atoms with Crippen molar-refractivity contribution in [3.63, 3.8) is 0 Å². The molecule has 1 aromatic carbocycles. The number of aliphatic carboxylic acids is 1. The molecule has 80 valence electrons. The summed E-state index contributed by atoms with van der Waals surface area (Å²) in [6.07, 6.45) is 0.575. The Hall–Kier alpha value is -1.51. The second kappa shape index (κ2) is 3.57. The van der Waals surface area contributed by atoms with Crippen molar-refractivity contribution < 1.29 is 14.6 Å². The van der Waals surface area contributed by atoms with Gasteiger partial charge < -0.3 is 9.84 Å². The maximum absolute atomic E-state index is 10.8. The molecule has 1 aromatic rings. The van der Waals surface area contributed by atoms with Crippen LogP contribution in [0, 0.1) is 19.8 Å². The van der Waals surface area contributed by atoms with Crippen molar-refractivity contribution in [1.82, 2.24) is 0 Å². The third kappa shape index (κ3) is 1.82. The van der Waals surface area contributed by atoms with E-state index in [0.717, 1.165) is 11.3 Å². The second-order valence-electron chi connectivity index (χ2n) is 4.09. The number of benzene rings is 1. The summed E-state index contributed by atoms with van der Waals surface area (Å²) in [7, 11) is 0. The van der Waals surface area contributed by atoms with E-state index in [0.29, 0.717) is 6.42 Å². The quantitative estimate of drug-likeness (QED) is 0.763. The normalized spacial score (nSPS) is 19.2. The predicted molar refractivity (Wildman–Crippen MR) is 56.2 cm³/mol. The van der Waals surface area contributed by atoms with Crippen LogP contribution in [0.15, 0.2) is 12.1 Å². The van der Waals surface area contributed by atoms with Gasteiger partial charge in [0.2, 0.25) is 0 Å². The lowest BCUT2D eigenvalue weighted by molar-refractivity contribution is -0.143. The molecule has 0 bridgehead atoms. The molecule has 0 radical (unpaired) electrons.